The van der Waals surface area contributed by atoms with Gasteiger partial charge in [-0.1, -0.05) is 6.08 Å². The summed E-state index contributed by atoms with van der Waals surface area (Å²) in [5.41, 5.74) is 1.64. The second-order valence-corrected chi connectivity index (χ2v) is 12.1. The van der Waals surface area contributed by atoms with Crippen molar-refractivity contribution in [3.8, 4) is 11.3 Å². The lowest BCUT2D eigenvalue weighted by Gasteiger charge is -2.16. The Labute approximate surface area is 181 Å². The van der Waals surface area contributed by atoms with E-state index in [1.807, 2.05) is 0 Å². The van der Waals surface area contributed by atoms with Gasteiger partial charge in [0.15, 0.2) is 0 Å². The topological polar surface area (TPSA) is 195 Å². The molecule has 3 aromatic rings. The van der Waals surface area contributed by atoms with Crippen molar-refractivity contribution in [3.63, 3.8) is 0 Å². The van der Waals surface area contributed by atoms with E-state index in [4.69, 9.17) is 5.14 Å². The van der Waals surface area contributed by atoms with Crippen LogP contribution < -0.4 is 15.6 Å². The van der Waals surface area contributed by atoms with E-state index < -0.39 is 45.3 Å². The van der Waals surface area contributed by atoms with Gasteiger partial charge in [-0.05, 0) is 52.8 Å². The molecule has 11 nitrogen and oxygen atoms in total. The summed E-state index contributed by atoms with van der Waals surface area (Å²) in [5, 5.41) is 4.90. The Balaban J connectivity index is 1.89. The minimum Gasteiger partial charge on any atom is -0.282 e. The molecule has 1 atom stereocenters. The molecule has 0 fully saturated rings. The molecule has 5 rings (SSSR count). The normalized spacial score (nSPS) is 17.7. The summed E-state index contributed by atoms with van der Waals surface area (Å²) in [6, 6.07) is 5.96. The van der Waals surface area contributed by atoms with Crippen molar-refractivity contribution in [1.29, 1.82) is 0 Å². The summed E-state index contributed by atoms with van der Waals surface area (Å²) < 4.78 is 89.6. The molecular formula is C18H13N3O8S3. The SMILES string of the molecule is NS(=O)(=O)C1C=c2cc(S(=O)(=O)O)cc3c2=C(C1)c1nc2cc(S(=O)(=O)O)ccc2nc1-3. The Morgan fingerprint density at radius 2 is 1.50 bits per heavy atom. The number of fused-ring (bicyclic) bond motifs is 4. The van der Waals surface area contributed by atoms with E-state index in [-0.39, 0.29) is 34.1 Å². The quantitative estimate of drug-likeness (QED) is 0.385. The standard InChI is InChI=1S/C18H13N3O8S3/c19-30(22,23)10-3-8-4-11(32(27,28)29)6-13-16(8)12(5-10)18-17(13)20-14-2-1-9(31(24,25)26)7-15(14)21-18/h1-4,6-7,10H,5H2,(H2,19,22,23)(H,24,25,26)(H,27,28,29). The maximum atomic E-state index is 12.1. The average Bonchev–Trinajstić information content (AvgIpc) is 2.98. The zero-order valence-electron chi connectivity index (χ0n) is 15.8. The number of rotatable bonds is 3. The number of aromatic nitrogens is 2. The van der Waals surface area contributed by atoms with E-state index in [1.165, 1.54) is 18.2 Å². The second-order valence-electron chi connectivity index (χ2n) is 7.43. The van der Waals surface area contributed by atoms with Gasteiger partial charge in [0.1, 0.15) is 0 Å². The maximum Gasteiger partial charge on any atom is 0.294 e. The summed E-state index contributed by atoms with van der Waals surface area (Å²) >= 11 is 0. The van der Waals surface area contributed by atoms with Crippen LogP contribution in [0.4, 0.5) is 0 Å². The third-order valence-corrected chi connectivity index (χ3v) is 8.24. The molecule has 0 spiro atoms. The first-order chi connectivity index (χ1) is 14.7. The van der Waals surface area contributed by atoms with Crippen LogP contribution in [0, 0.1) is 0 Å². The van der Waals surface area contributed by atoms with Gasteiger partial charge in [0.05, 0.1) is 37.5 Å². The van der Waals surface area contributed by atoms with E-state index in [0.29, 0.717) is 16.4 Å². The molecule has 2 aliphatic rings. The highest BCUT2D eigenvalue weighted by molar-refractivity contribution is 7.90. The molecule has 0 radical (unpaired) electrons. The molecule has 0 saturated carbocycles. The lowest BCUT2D eigenvalue weighted by Crippen LogP contribution is -2.38. The van der Waals surface area contributed by atoms with E-state index in [0.717, 1.165) is 18.2 Å². The van der Waals surface area contributed by atoms with Crippen LogP contribution in [0.15, 0.2) is 40.1 Å². The predicted molar refractivity (Wildman–Crippen MR) is 112 cm³/mol. The zero-order chi connectivity index (χ0) is 23.2. The van der Waals surface area contributed by atoms with Crippen LogP contribution in [0.3, 0.4) is 0 Å². The molecule has 166 valence electrons. The van der Waals surface area contributed by atoms with Crippen molar-refractivity contribution in [1.82, 2.24) is 9.97 Å². The molecule has 0 aliphatic heterocycles. The summed E-state index contributed by atoms with van der Waals surface area (Å²) in [6.07, 6.45) is 1.25. The van der Waals surface area contributed by atoms with Gasteiger partial charge in [0, 0.05) is 5.56 Å². The molecule has 2 aliphatic carbocycles. The fourth-order valence-electron chi connectivity index (χ4n) is 4.02. The van der Waals surface area contributed by atoms with Crippen LogP contribution >= 0.6 is 0 Å². The zero-order valence-corrected chi connectivity index (χ0v) is 18.2. The first-order valence-electron chi connectivity index (χ1n) is 8.92. The number of primary sulfonamides is 1. The third-order valence-electron chi connectivity index (χ3n) is 5.41. The molecule has 0 bridgehead atoms. The lowest BCUT2D eigenvalue weighted by molar-refractivity contribution is 0.481. The highest BCUT2D eigenvalue weighted by atomic mass is 32.2. The van der Waals surface area contributed by atoms with E-state index in [2.05, 4.69) is 9.97 Å². The Morgan fingerprint density at radius 1 is 0.844 bits per heavy atom. The van der Waals surface area contributed by atoms with Crippen LogP contribution in [-0.2, 0) is 30.3 Å². The molecule has 32 heavy (non-hydrogen) atoms. The average molecular weight is 496 g/mol. The third kappa shape index (κ3) is 3.23. The molecule has 1 heterocycles. The minimum absolute atomic E-state index is 0.0603. The van der Waals surface area contributed by atoms with E-state index >= 15 is 0 Å². The van der Waals surface area contributed by atoms with Gasteiger partial charge in [-0.25, -0.2) is 23.5 Å². The summed E-state index contributed by atoms with van der Waals surface area (Å²) in [4.78, 5) is 8.07. The first-order valence-corrected chi connectivity index (χ1v) is 13.4. The summed E-state index contributed by atoms with van der Waals surface area (Å²) in [5.74, 6) is 0. The van der Waals surface area contributed by atoms with Gasteiger partial charge in [-0.2, -0.15) is 16.8 Å². The van der Waals surface area contributed by atoms with Crippen LogP contribution in [-0.4, -0.2) is 49.6 Å². The van der Waals surface area contributed by atoms with Crippen molar-refractivity contribution in [2.24, 2.45) is 5.14 Å². The number of sulfonamides is 1. The lowest BCUT2D eigenvalue weighted by atomic mass is 10.00. The molecule has 14 heteroatoms. The van der Waals surface area contributed by atoms with Crippen LogP contribution in [0.5, 0.6) is 0 Å². The number of hydrogen-bond donors (Lipinski definition) is 3. The summed E-state index contributed by atoms with van der Waals surface area (Å²) in [6.45, 7) is 0. The van der Waals surface area contributed by atoms with Gasteiger partial charge in [0.2, 0.25) is 10.0 Å². The Hall–Kier alpha value is -2.75. The number of hydrogen-bond acceptors (Lipinski definition) is 8. The van der Waals surface area contributed by atoms with Crippen molar-refractivity contribution < 1.29 is 34.4 Å². The molecular weight excluding hydrogens is 482 g/mol. The van der Waals surface area contributed by atoms with Crippen molar-refractivity contribution in [2.45, 2.75) is 21.5 Å². The largest absolute Gasteiger partial charge is 0.294 e. The molecule has 2 aromatic carbocycles. The molecule has 1 unspecified atom stereocenters. The second kappa shape index (κ2) is 6.40. The Kier molecular flexibility index (Phi) is 4.22. The van der Waals surface area contributed by atoms with Crippen LogP contribution in [0.25, 0.3) is 33.9 Å². The number of nitrogens with zero attached hydrogens (tertiary/aromatic N) is 2. The molecule has 0 saturated heterocycles. The minimum atomic E-state index is -4.62. The number of benzene rings is 2. The van der Waals surface area contributed by atoms with Gasteiger partial charge in [-0.3, -0.25) is 9.11 Å². The van der Waals surface area contributed by atoms with Gasteiger partial charge >= 0.3 is 0 Å². The molecule has 0 amide bonds. The van der Waals surface area contributed by atoms with E-state index in [9.17, 15) is 34.4 Å². The van der Waals surface area contributed by atoms with Gasteiger partial charge in [-0.15, -0.1) is 0 Å². The van der Waals surface area contributed by atoms with Crippen molar-refractivity contribution >= 4 is 52.9 Å². The Morgan fingerprint density at radius 3 is 2.12 bits per heavy atom. The van der Waals surface area contributed by atoms with Crippen molar-refractivity contribution in [3.05, 3.63) is 46.5 Å². The van der Waals surface area contributed by atoms with Crippen molar-refractivity contribution in [2.75, 3.05) is 0 Å². The fraction of sp³-hybridized carbons (Fsp3) is 0.111. The summed E-state index contributed by atoms with van der Waals surface area (Å²) in [7, 11) is -13.2. The van der Waals surface area contributed by atoms with Crippen LogP contribution in [0.2, 0.25) is 0 Å². The molecule has 4 N–H and O–H groups in total. The monoisotopic (exact) mass is 495 g/mol. The first kappa shape index (κ1) is 21.1. The molecule has 1 aromatic heterocycles. The highest BCUT2D eigenvalue weighted by Crippen LogP contribution is 2.35. The van der Waals surface area contributed by atoms with Crippen LogP contribution in [0.1, 0.15) is 12.1 Å². The highest BCUT2D eigenvalue weighted by Gasteiger charge is 2.33. The number of nitrogens with two attached hydrogens (primary N) is 1. The van der Waals surface area contributed by atoms with Gasteiger partial charge < -0.3 is 0 Å². The Bertz CT molecular complexity index is 1830. The smallest absolute Gasteiger partial charge is 0.282 e. The fourth-order valence-corrected chi connectivity index (χ4v) is 5.80. The van der Waals surface area contributed by atoms with Gasteiger partial charge in [0.25, 0.3) is 20.2 Å². The maximum absolute atomic E-state index is 12.1. The van der Waals surface area contributed by atoms with E-state index in [1.54, 1.807) is 0 Å². The predicted octanol–water partition coefficient (Wildman–Crippen LogP) is -0.856.